The number of nitrogens with two attached hydrogens (primary N) is 1. The zero-order chi connectivity index (χ0) is 13.8. The van der Waals surface area contributed by atoms with Crippen LogP contribution < -0.4 is 5.73 Å². The SMILES string of the molecule is CCCCCN(C)S(=O)(=O)c1cnc(N)c(Cl)c1. The normalized spacial score (nSPS) is 12.0. The van der Waals surface area contributed by atoms with E-state index in [1.165, 1.54) is 16.6 Å². The molecule has 0 radical (unpaired) electrons. The van der Waals surface area contributed by atoms with Crippen LogP contribution in [-0.4, -0.2) is 31.3 Å². The molecule has 18 heavy (non-hydrogen) atoms. The Kier molecular flexibility index (Phi) is 5.37. The van der Waals surface area contributed by atoms with Gasteiger partial charge in [-0.25, -0.2) is 17.7 Å². The Labute approximate surface area is 113 Å². The summed E-state index contributed by atoms with van der Waals surface area (Å²) in [5.41, 5.74) is 5.45. The van der Waals surface area contributed by atoms with Crippen LogP contribution >= 0.6 is 11.6 Å². The molecule has 0 aromatic carbocycles. The zero-order valence-corrected chi connectivity index (χ0v) is 12.1. The van der Waals surface area contributed by atoms with E-state index in [0.29, 0.717) is 6.54 Å². The fraction of sp³-hybridized carbons (Fsp3) is 0.545. The molecule has 7 heteroatoms. The lowest BCUT2D eigenvalue weighted by Crippen LogP contribution is -2.28. The number of anilines is 1. The monoisotopic (exact) mass is 291 g/mol. The van der Waals surface area contributed by atoms with E-state index in [-0.39, 0.29) is 15.7 Å². The number of rotatable bonds is 6. The highest BCUT2D eigenvalue weighted by molar-refractivity contribution is 7.89. The van der Waals surface area contributed by atoms with Crippen LogP contribution in [0.3, 0.4) is 0 Å². The minimum absolute atomic E-state index is 0.0701. The molecule has 1 rings (SSSR count). The quantitative estimate of drug-likeness (QED) is 0.815. The molecule has 0 aliphatic carbocycles. The number of unbranched alkanes of at least 4 members (excludes halogenated alkanes) is 2. The maximum Gasteiger partial charge on any atom is 0.244 e. The molecule has 0 unspecified atom stereocenters. The summed E-state index contributed by atoms with van der Waals surface area (Å²) >= 11 is 5.78. The molecule has 1 aromatic rings. The molecular weight excluding hydrogens is 274 g/mol. The molecule has 0 atom stereocenters. The second-order valence-electron chi connectivity index (χ2n) is 4.07. The Balaban J connectivity index is 2.88. The molecule has 2 N–H and O–H groups in total. The van der Waals surface area contributed by atoms with E-state index in [2.05, 4.69) is 11.9 Å². The second-order valence-corrected chi connectivity index (χ2v) is 6.52. The van der Waals surface area contributed by atoms with Crippen molar-refractivity contribution in [1.29, 1.82) is 0 Å². The van der Waals surface area contributed by atoms with E-state index in [4.69, 9.17) is 17.3 Å². The molecule has 102 valence electrons. The van der Waals surface area contributed by atoms with Crippen molar-refractivity contribution in [2.24, 2.45) is 0 Å². The van der Waals surface area contributed by atoms with Gasteiger partial charge < -0.3 is 5.73 Å². The van der Waals surface area contributed by atoms with E-state index in [1.807, 2.05) is 0 Å². The maximum atomic E-state index is 12.2. The first kappa shape index (κ1) is 15.2. The number of sulfonamides is 1. The minimum atomic E-state index is -3.53. The number of halogens is 1. The molecule has 0 bridgehead atoms. The lowest BCUT2D eigenvalue weighted by molar-refractivity contribution is 0.454. The highest BCUT2D eigenvalue weighted by Crippen LogP contribution is 2.22. The van der Waals surface area contributed by atoms with E-state index in [0.717, 1.165) is 19.3 Å². The molecule has 1 aromatic heterocycles. The Morgan fingerprint density at radius 2 is 2.11 bits per heavy atom. The van der Waals surface area contributed by atoms with Crippen molar-refractivity contribution >= 4 is 27.4 Å². The summed E-state index contributed by atoms with van der Waals surface area (Å²) < 4.78 is 25.7. The van der Waals surface area contributed by atoms with Gasteiger partial charge in [0.25, 0.3) is 0 Å². The fourth-order valence-electron chi connectivity index (χ4n) is 1.46. The highest BCUT2D eigenvalue weighted by Gasteiger charge is 2.21. The molecule has 0 saturated carbocycles. The lowest BCUT2D eigenvalue weighted by atomic mass is 10.2. The maximum absolute atomic E-state index is 12.2. The van der Waals surface area contributed by atoms with Gasteiger partial charge in [0.05, 0.1) is 5.02 Å². The van der Waals surface area contributed by atoms with E-state index >= 15 is 0 Å². The average Bonchev–Trinajstić information content (AvgIpc) is 2.32. The summed E-state index contributed by atoms with van der Waals surface area (Å²) in [5.74, 6) is 0.129. The van der Waals surface area contributed by atoms with Crippen LogP contribution in [0, 0.1) is 0 Å². The highest BCUT2D eigenvalue weighted by atomic mass is 35.5. The van der Waals surface area contributed by atoms with Crippen molar-refractivity contribution in [3.63, 3.8) is 0 Å². The number of nitrogen functional groups attached to an aromatic ring is 1. The van der Waals surface area contributed by atoms with Gasteiger partial charge in [0.2, 0.25) is 10.0 Å². The van der Waals surface area contributed by atoms with Crippen LogP contribution in [0.5, 0.6) is 0 Å². The van der Waals surface area contributed by atoms with Gasteiger partial charge in [0.15, 0.2) is 0 Å². The molecule has 0 amide bonds. The van der Waals surface area contributed by atoms with E-state index in [9.17, 15) is 8.42 Å². The molecule has 0 fully saturated rings. The van der Waals surface area contributed by atoms with Crippen LogP contribution in [-0.2, 0) is 10.0 Å². The Morgan fingerprint density at radius 1 is 1.44 bits per heavy atom. The predicted octanol–water partition coefficient (Wildman–Crippen LogP) is 2.13. The standard InChI is InChI=1S/C11H18ClN3O2S/c1-3-4-5-6-15(2)18(16,17)9-7-10(12)11(13)14-8-9/h7-8H,3-6H2,1-2H3,(H2,13,14). The summed E-state index contributed by atoms with van der Waals surface area (Å²) in [7, 11) is -1.98. The molecular formula is C11H18ClN3O2S. The Morgan fingerprint density at radius 3 is 2.67 bits per heavy atom. The smallest absolute Gasteiger partial charge is 0.244 e. The first-order chi connectivity index (χ1) is 8.39. The number of hydrogen-bond donors (Lipinski definition) is 1. The summed E-state index contributed by atoms with van der Waals surface area (Å²) in [5, 5.41) is 0.151. The number of nitrogens with zero attached hydrogens (tertiary/aromatic N) is 2. The molecule has 1 heterocycles. The van der Waals surface area contributed by atoms with Crippen LogP contribution in [0.25, 0.3) is 0 Å². The zero-order valence-electron chi connectivity index (χ0n) is 10.6. The Hall–Kier alpha value is -0.850. The van der Waals surface area contributed by atoms with Crippen molar-refractivity contribution in [3.05, 3.63) is 17.3 Å². The van der Waals surface area contributed by atoms with Crippen molar-refractivity contribution in [1.82, 2.24) is 9.29 Å². The number of aromatic nitrogens is 1. The first-order valence-electron chi connectivity index (χ1n) is 5.77. The van der Waals surface area contributed by atoms with Crippen LogP contribution in [0.4, 0.5) is 5.82 Å². The van der Waals surface area contributed by atoms with Crippen molar-refractivity contribution in [2.45, 2.75) is 31.1 Å². The van der Waals surface area contributed by atoms with Crippen molar-refractivity contribution < 1.29 is 8.42 Å². The molecule has 0 spiro atoms. The number of pyridine rings is 1. The largest absolute Gasteiger partial charge is 0.382 e. The third-order valence-electron chi connectivity index (χ3n) is 2.63. The molecule has 0 saturated heterocycles. The van der Waals surface area contributed by atoms with E-state index < -0.39 is 10.0 Å². The topological polar surface area (TPSA) is 76.3 Å². The molecule has 0 aliphatic heterocycles. The Bertz CT molecular complexity index is 505. The minimum Gasteiger partial charge on any atom is -0.382 e. The predicted molar refractivity (Wildman–Crippen MR) is 73.0 cm³/mol. The lowest BCUT2D eigenvalue weighted by Gasteiger charge is -2.17. The summed E-state index contributed by atoms with van der Waals surface area (Å²) in [6.07, 6.45) is 4.11. The number of hydrogen-bond acceptors (Lipinski definition) is 4. The average molecular weight is 292 g/mol. The van der Waals surface area contributed by atoms with Crippen molar-refractivity contribution in [2.75, 3.05) is 19.3 Å². The first-order valence-corrected chi connectivity index (χ1v) is 7.58. The van der Waals surface area contributed by atoms with Gasteiger partial charge in [-0.1, -0.05) is 31.4 Å². The fourth-order valence-corrected chi connectivity index (χ4v) is 2.87. The van der Waals surface area contributed by atoms with Gasteiger partial charge in [-0.2, -0.15) is 0 Å². The van der Waals surface area contributed by atoms with Gasteiger partial charge in [0.1, 0.15) is 10.7 Å². The van der Waals surface area contributed by atoms with Gasteiger partial charge in [-0.05, 0) is 12.5 Å². The van der Waals surface area contributed by atoms with Gasteiger partial charge >= 0.3 is 0 Å². The second kappa shape index (κ2) is 6.36. The summed E-state index contributed by atoms with van der Waals surface area (Å²) in [6.45, 7) is 2.55. The third kappa shape index (κ3) is 3.57. The van der Waals surface area contributed by atoms with Crippen LogP contribution in [0.1, 0.15) is 26.2 Å². The van der Waals surface area contributed by atoms with Crippen molar-refractivity contribution in [3.8, 4) is 0 Å². The van der Waals surface area contributed by atoms with Crippen LogP contribution in [0.2, 0.25) is 5.02 Å². The summed E-state index contributed by atoms with van der Waals surface area (Å²) in [6, 6.07) is 1.33. The third-order valence-corrected chi connectivity index (χ3v) is 4.75. The van der Waals surface area contributed by atoms with Gasteiger partial charge in [-0.15, -0.1) is 0 Å². The van der Waals surface area contributed by atoms with Gasteiger partial charge in [0, 0.05) is 19.8 Å². The molecule has 5 nitrogen and oxygen atoms in total. The molecule has 0 aliphatic rings. The summed E-state index contributed by atoms with van der Waals surface area (Å²) in [4.78, 5) is 3.83. The van der Waals surface area contributed by atoms with Crippen LogP contribution in [0.15, 0.2) is 17.2 Å². The van der Waals surface area contributed by atoms with E-state index in [1.54, 1.807) is 7.05 Å². The van der Waals surface area contributed by atoms with Gasteiger partial charge in [-0.3, -0.25) is 0 Å².